The van der Waals surface area contributed by atoms with Gasteiger partial charge < -0.3 is 9.52 Å². The van der Waals surface area contributed by atoms with Crippen molar-refractivity contribution in [1.82, 2.24) is 0 Å². The molecule has 0 radical (unpaired) electrons. The van der Waals surface area contributed by atoms with Crippen LogP contribution in [-0.2, 0) is 0 Å². The number of aliphatic hydroxyl groups excluding tert-OH is 1. The lowest BCUT2D eigenvalue weighted by Gasteiger charge is -2.10. The average molecular weight is 325 g/mol. The van der Waals surface area contributed by atoms with Crippen LogP contribution in [0.5, 0.6) is 0 Å². The predicted octanol–water partition coefficient (Wildman–Crippen LogP) is 4.39. The van der Waals surface area contributed by atoms with Crippen LogP contribution in [0.1, 0.15) is 42.5 Å². The summed E-state index contributed by atoms with van der Waals surface area (Å²) in [6.45, 7) is 2.16. The van der Waals surface area contributed by atoms with Gasteiger partial charge in [-0.3, -0.25) is 0 Å². The molecule has 0 amide bonds. The number of rotatable bonds is 3. The van der Waals surface area contributed by atoms with Crippen LogP contribution >= 0.6 is 15.9 Å². The van der Waals surface area contributed by atoms with E-state index in [0.717, 1.165) is 16.7 Å². The first kappa shape index (κ1) is 12.9. The molecule has 1 aliphatic rings. The van der Waals surface area contributed by atoms with Crippen LogP contribution in [0.4, 0.5) is 4.39 Å². The molecule has 1 aliphatic carbocycles. The van der Waals surface area contributed by atoms with Gasteiger partial charge in [-0.15, -0.1) is 0 Å². The van der Waals surface area contributed by atoms with Crippen molar-refractivity contribution in [3.63, 3.8) is 0 Å². The van der Waals surface area contributed by atoms with Crippen molar-refractivity contribution < 1.29 is 13.9 Å². The Labute approximate surface area is 119 Å². The van der Waals surface area contributed by atoms with E-state index in [1.165, 1.54) is 6.07 Å². The van der Waals surface area contributed by atoms with E-state index in [4.69, 9.17) is 4.42 Å². The van der Waals surface area contributed by atoms with E-state index in [1.807, 2.05) is 6.07 Å². The van der Waals surface area contributed by atoms with Gasteiger partial charge in [0.1, 0.15) is 23.4 Å². The summed E-state index contributed by atoms with van der Waals surface area (Å²) >= 11 is 3.28. The minimum Gasteiger partial charge on any atom is -0.463 e. The summed E-state index contributed by atoms with van der Waals surface area (Å²) in [6, 6.07) is 8.11. The predicted molar refractivity (Wildman–Crippen MR) is 73.4 cm³/mol. The van der Waals surface area contributed by atoms with E-state index < -0.39 is 11.9 Å². The van der Waals surface area contributed by atoms with Gasteiger partial charge >= 0.3 is 0 Å². The van der Waals surface area contributed by atoms with Crippen molar-refractivity contribution in [3.05, 3.63) is 57.7 Å². The van der Waals surface area contributed by atoms with Gasteiger partial charge in [0.25, 0.3) is 0 Å². The molecule has 3 unspecified atom stereocenters. The second-order valence-electron chi connectivity index (χ2n) is 5.13. The van der Waals surface area contributed by atoms with Gasteiger partial charge in [-0.1, -0.05) is 22.9 Å². The molecular formula is C15H14BrFO2. The number of aliphatic hydroxyl groups is 1. The number of benzene rings is 1. The maximum atomic E-state index is 13.7. The Morgan fingerprint density at radius 1 is 1.37 bits per heavy atom. The minimum absolute atomic E-state index is 0.221. The quantitative estimate of drug-likeness (QED) is 0.908. The monoisotopic (exact) mass is 324 g/mol. The maximum absolute atomic E-state index is 13.7. The van der Waals surface area contributed by atoms with Gasteiger partial charge in [0.05, 0.1) is 0 Å². The molecule has 2 nitrogen and oxygen atoms in total. The number of furan rings is 1. The Kier molecular flexibility index (Phi) is 3.23. The van der Waals surface area contributed by atoms with E-state index >= 15 is 0 Å². The summed E-state index contributed by atoms with van der Waals surface area (Å²) in [5.41, 5.74) is 0.221. The van der Waals surface area contributed by atoms with Gasteiger partial charge in [-0.2, -0.15) is 0 Å². The highest BCUT2D eigenvalue weighted by Crippen LogP contribution is 2.47. The first-order valence-corrected chi connectivity index (χ1v) is 7.08. The van der Waals surface area contributed by atoms with Crippen LogP contribution < -0.4 is 0 Å². The summed E-state index contributed by atoms with van der Waals surface area (Å²) < 4.78 is 20.1. The highest BCUT2D eigenvalue weighted by Gasteiger charge is 2.37. The first-order chi connectivity index (χ1) is 9.06. The van der Waals surface area contributed by atoms with E-state index in [-0.39, 0.29) is 5.56 Å². The minimum atomic E-state index is -1.07. The van der Waals surface area contributed by atoms with Gasteiger partial charge in [0.15, 0.2) is 0 Å². The molecule has 100 valence electrons. The van der Waals surface area contributed by atoms with E-state index in [2.05, 4.69) is 22.9 Å². The molecular weight excluding hydrogens is 311 g/mol. The summed E-state index contributed by atoms with van der Waals surface area (Å²) in [5, 5.41) is 10.2. The number of hydrogen-bond acceptors (Lipinski definition) is 2. The molecule has 3 rings (SSSR count). The lowest BCUT2D eigenvalue weighted by molar-refractivity contribution is 0.182. The fourth-order valence-corrected chi connectivity index (χ4v) is 2.69. The Balaban J connectivity index is 1.88. The Morgan fingerprint density at radius 3 is 2.79 bits per heavy atom. The zero-order chi connectivity index (χ0) is 13.6. The fourth-order valence-electron chi connectivity index (χ4n) is 2.31. The van der Waals surface area contributed by atoms with Crippen LogP contribution in [0, 0.1) is 11.7 Å². The first-order valence-electron chi connectivity index (χ1n) is 6.29. The zero-order valence-corrected chi connectivity index (χ0v) is 12.0. The van der Waals surface area contributed by atoms with Crippen molar-refractivity contribution in [2.45, 2.75) is 25.4 Å². The van der Waals surface area contributed by atoms with Crippen molar-refractivity contribution in [3.8, 4) is 0 Å². The summed E-state index contributed by atoms with van der Waals surface area (Å²) in [6.07, 6.45) is 0.0502. The maximum Gasteiger partial charge on any atom is 0.139 e. The normalized spacial score (nSPS) is 23.4. The van der Waals surface area contributed by atoms with Crippen molar-refractivity contribution >= 4 is 15.9 Å². The van der Waals surface area contributed by atoms with E-state index in [9.17, 15) is 9.50 Å². The smallest absolute Gasteiger partial charge is 0.139 e. The summed E-state index contributed by atoms with van der Waals surface area (Å²) in [7, 11) is 0. The van der Waals surface area contributed by atoms with E-state index in [0.29, 0.717) is 17.6 Å². The third-order valence-corrected chi connectivity index (χ3v) is 4.14. The fraction of sp³-hybridized carbons (Fsp3) is 0.333. The van der Waals surface area contributed by atoms with Crippen LogP contribution in [0.15, 0.2) is 39.2 Å². The molecule has 3 atom stereocenters. The van der Waals surface area contributed by atoms with Crippen molar-refractivity contribution in [2.24, 2.45) is 5.92 Å². The largest absolute Gasteiger partial charge is 0.463 e. The number of halogens is 2. The molecule has 4 heteroatoms. The third kappa shape index (κ3) is 2.47. The van der Waals surface area contributed by atoms with Gasteiger partial charge in [-0.25, -0.2) is 4.39 Å². The van der Waals surface area contributed by atoms with Crippen molar-refractivity contribution in [1.29, 1.82) is 0 Å². The Bertz CT molecular complexity index is 608. The second kappa shape index (κ2) is 4.76. The zero-order valence-electron chi connectivity index (χ0n) is 10.4. The van der Waals surface area contributed by atoms with Crippen LogP contribution in [0.3, 0.4) is 0 Å². The topological polar surface area (TPSA) is 33.4 Å². The Hall–Kier alpha value is -1.13. The molecule has 2 aromatic rings. The van der Waals surface area contributed by atoms with Gasteiger partial charge in [-0.05, 0) is 42.7 Å². The lowest BCUT2D eigenvalue weighted by Crippen LogP contribution is -2.01. The molecule has 1 heterocycles. The highest BCUT2D eigenvalue weighted by atomic mass is 79.9. The van der Waals surface area contributed by atoms with E-state index in [1.54, 1.807) is 18.2 Å². The molecule has 0 spiro atoms. The van der Waals surface area contributed by atoms with Gasteiger partial charge in [0.2, 0.25) is 0 Å². The molecule has 1 fully saturated rings. The summed E-state index contributed by atoms with van der Waals surface area (Å²) in [4.78, 5) is 0. The van der Waals surface area contributed by atoms with Crippen molar-refractivity contribution in [2.75, 3.05) is 0 Å². The third-order valence-electron chi connectivity index (χ3n) is 3.64. The molecule has 1 N–H and O–H groups in total. The lowest BCUT2D eigenvalue weighted by atomic mass is 10.1. The standard InChI is InChI=1S/C15H14BrFO2/c1-8-6-10(8)13-4-5-14(19-13)15(18)11-7-9(16)2-3-12(11)17/h2-5,7-8,10,15,18H,6H2,1H3. The molecule has 19 heavy (non-hydrogen) atoms. The molecule has 1 saturated carbocycles. The number of hydrogen-bond donors (Lipinski definition) is 1. The molecule has 0 saturated heterocycles. The SMILES string of the molecule is CC1CC1c1ccc(C(O)c2cc(Br)ccc2F)o1. The van der Waals surface area contributed by atoms with Crippen LogP contribution in [-0.4, -0.2) is 5.11 Å². The molecule has 1 aromatic carbocycles. The average Bonchev–Trinajstić information content (AvgIpc) is 2.92. The second-order valence-corrected chi connectivity index (χ2v) is 6.04. The molecule has 0 aliphatic heterocycles. The van der Waals surface area contributed by atoms with Crippen LogP contribution in [0.2, 0.25) is 0 Å². The highest BCUT2D eigenvalue weighted by molar-refractivity contribution is 9.10. The van der Waals surface area contributed by atoms with Crippen LogP contribution in [0.25, 0.3) is 0 Å². The van der Waals surface area contributed by atoms with Gasteiger partial charge in [0, 0.05) is 16.0 Å². The molecule has 1 aromatic heterocycles. The molecule has 0 bridgehead atoms. The Morgan fingerprint density at radius 2 is 2.11 bits per heavy atom. The summed E-state index contributed by atoms with van der Waals surface area (Å²) in [5.74, 6) is 1.93.